The zero-order valence-electron chi connectivity index (χ0n) is 15.3. The Labute approximate surface area is 148 Å². The van der Waals surface area contributed by atoms with Crippen molar-refractivity contribution < 1.29 is 9.53 Å². The molecule has 134 valence electrons. The molecule has 0 spiro atoms. The molecule has 3 rings (SSSR count). The van der Waals surface area contributed by atoms with Crippen molar-refractivity contribution in [2.45, 2.75) is 38.8 Å². The van der Waals surface area contributed by atoms with Gasteiger partial charge in [-0.15, -0.1) is 0 Å². The number of ether oxygens (including phenoxy) is 1. The van der Waals surface area contributed by atoms with Crippen LogP contribution in [0.3, 0.4) is 0 Å². The fraction of sp³-hybridized carbons (Fsp3) is 0.474. The van der Waals surface area contributed by atoms with Crippen LogP contribution in [0.5, 0.6) is 5.75 Å². The number of amides is 1. The van der Waals surface area contributed by atoms with Crippen molar-refractivity contribution in [2.75, 3.05) is 18.6 Å². The van der Waals surface area contributed by atoms with Gasteiger partial charge in [0.05, 0.1) is 25.0 Å². The van der Waals surface area contributed by atoms with Crippen molar-refractivity contribution in [3.8, 4) is 5.75 Å². The number of carbonyl (C=O) groups excluding carboxylic acids is 1. The van der Waals surface area contributed by atoms with Crippen LogP contribution in [0.4, 0.5) is 5.69 Å². The number of aryl methyl sites for hydroxylation is 2. The lowest BCUT2D eigenvalue weighted by Crippen LogP contribution is -2.51. The lowest BCUT2D eigenvalue weighted by Gasteiger charge is -2.33. The monoisotopic (exact) mass is 342 g/mol. The topological polar surface area (TPSA) is 59.4 Å². The highest BCUT2D eigenvalue weighted by atomic mass is 16.5. The van der Waals surface area contributed by atoms with Crippen molar-refractivity contribution in [2.24, 2.45) is 7.05 Å². The van der Waals surface area contributed by atoms with Crippen molar-refractivity contribution in [1.29, 1.82) is 0 Å². The van der Waals surface area contributed by atoms with E-state index in [0.29, 0.717) is 0 Å². The molecule has 1 N–H and O–H groups in total. The Bertz CT molecular complexity index is 756. The number of methoxy groups -OCH3 is 1. The molecule has 1 saturated heterocycles. The Kier molecular flexibility index (Phi) is 5.08. The SMILES string of the molecule is COc1ccc(C)cc1[C@@H](C)N[C@@H]1CCCN(c2cnn(C)c2)C1=O. The van der Waals surface area contributed by atoms with E-state index in [1.165, 1.54) is 5.56 Å². The van der Waals surface area contributed by atoms with Gasteiger partial charge in [0.15, 0.2) is 0 Å². The molecule has 6 heteroatoms. The predicted molar refractivity (Wildman–Crippen MR) is 97.9 cm³/mol. The summed E-state index contributed by atoms with van der Waals surface area (Å²) in [5, 5.41) is 7.67. The van der Waals surface area contributed by atoms with Gasteiger partial charge in [-0.1, -0.05) is 17.7 Å². The third-order valence-electron chi connectivity index (χ3n) is 4.74. The van der Waals surface area contributed by atoms with Crippen molar-refractivity contribution >= 4 is 11.6 Å². The molecule has 1 fully saturated rings. The lowest BCUT2D eigenvalue weighted by atomic mass is 9.99. The predicted octanol–water partition coefficient (Wildman–Crippen LogP) is 2.58. The minimum atomic E-state index is -0.200. The average molecular weight is 342 g/mol. The molecule has 2 aromatic rings. The first-order valence-electron chi connectivity index (χ1n) is 8.70. The lowest BCUT2D eigenvalue weighted by molar-refractivity contribution is -0.122. The molecule has 0 bridgehead atoms. The van der Waals surface area contributed by atoms with Crippen molar-refractivity contribution in [1.82, 2.24) is 15.1 Å². The van der Waals surface area contributed by atoms with E-state index in [1.54, 1.807) is 18.0 Å². The summed E-state index contributed by atoms with van der Waals surface area (Å²) < 4.78 is 7.21. The highest BCUT2D eigenvalue weighted by Gasteiger charge is 2.31. The van der Waals surface area contributed by atoms with Crippen molar-refractivity contribution in [3.63, 3.8) is 0 Å². The van der Waals surface area contributed by atoms with Gasteiger partial charge in [-0.05, 0) is 32.8 Å². The van der Waals surface area contributed by atoms with Gasteiger partial charge in [-0.3, -0.25) is 14.8 Å². The maximum absolute atomic E-state index is 12.9. The number of hydrogen-bond donors (Lipinski definition) is 1. The van der Waals surface area contributed by atoms with E-state index in [9.17, 15) is 4.79 Å². The van der Waals surface area contributed by atoms with Crippen LogP contribution in [0.2, 0.25) is 0 Å². The fourth-order valence-corrected chi connectivity index (χ4v) is 3.42. The quantitative estimate of drug-likeness (QED) is 0.907. The minimum absolute atomic E-state index is 0.0256. The zero-order valence-corrected chi connectivity index (χ0v) is 15.3. The zero-order chi connectivity index (χ0) is 18.0. The summed E-state index contributed by atoms with van der Waals surface area (Å²) in [4.78, 5) is 14.7. The Balaban J connectivity index is 1.76. The highest BCUT2D eigenvalue weighted by molar-refractivity contribution is 5.97. The number of anilines is 1. The van der Waals surface area contributed by atoms with Gasteiger partial charge in [0, 0.05) is 31.4 Å². The van der Waals surface area contributed by atoms with E-state index < -0.39 is 0 Å². The molecule has 2 heterocycles. The molecule has 2 atom stereocenters. The standard InChI is InChI=1S/C19H26N4O2/c1-13-7-8-18(25-4)16(10-13)14(2)21-17-6-5-9-23(19(17)24)15-11-20-22(3)12-15/h7-8,10-12,14,17,21H,5-6,9H2,1-4H3/t14-,17-/m1/s1. The van der Waals surface area contributed by atoms with Gasteiger partial charge < -0.3 is 9.64 Å². The first kappa shape index (κ1) is 17.5. The summed E-state index contributed by atoms with van der Waals surface area (Å²) in [5.74, 6) is 0.954. The third kappa shape index (κ3) is 3.69. The molecular weight excluding hydrogens is 316 g/mol. The molecule has 0 saturated carbocycles. The Morgan fingerprint density at radius 3 is 2.88 bits per heavy atom. The molecule has 1 aliphatic heterocycles. The Morgan fingerprint density at radius 2 is 2.20 bits per heavy atom. The van der Waals surface area contributed by atoms with E-state index >= 15 is 0 Å². The van der Waals surface area contributed by atoms with Crippen LogP contribution in [0.25, 0.3) is 0 Å². The van der Waals surface area contributed by atoms with Crippen molar-refractivity contribution in [3.05, 3.63) is 41.7 Å². The van der Waals surface area contributed by atoms with E-state index in [4.69, 9.17) is 4.74 Å². The van der Waals surface area contributed by atoms with Gasteiger partial charge in [0.2, 0.25) is 5.91 Å². The number of piperidine rings is 1. The van der Waals surface area contributed by atoms with Gasteiger partial charge in [-0.25, -0.2) is 0 Å². The maximum atomic E-state index is 12.9. The molecule has 0 radical (unpaired) electrons. The summed E-state index contributed by atoms with van der Waals surface area (Å²) in [6, 6.07) is 5.95. The summed E-state index contributed by atoms with van der Waals surface area (Å²) in [7, 11) is 3.54. The molecular formula is C19H26N4O2. The van der Waals surface area contributed by atoms with Gasteiger partial charge >= 0.3 is 0 Å². The molecule has 0 aliphatic carbocycles. The molecule has 0 unspecified atom stereocenters. The van der Waals surface area contributed by atoms with E-state index in [1.807, 2.05) is 30.3 Å². The van der Waals surface area contributed by atoms with Crippen LogP contribution in [0, 0.1) is 6.92 Å². The molecule has 1 aromatic carbocycles. The summed E-state index contributed by atoms with van der Waals surface area (Å²) in [6.07, 6.45) is 5.44. The normalized spacial score (nSPS) is 19.1. The number of benzene rings is 1. The highest BCUT2D eigenvalue weighted by Crippen LogP contribution is 2.28. The molecule has 25 heavy (non-hydrogen) atoms. The Morgan fingerprint density at radius 1 is 1.40 bits per heavy atom. The largest absolute Gasteiger partial charge is 0.496 e. The molecule has 1 amide bonds. The van der Waals surface area contributed by atoms with E-state index in [0.717, 1.165) is 36.4 Å². The summed E-state index contributed by atoms with van der Waals surface area (Å²) in [6.45, 7) is 4.88. The molecule has 1 aromatic heterocycles. The number of hydrogen-bond acceptors (Lipinski definition) is 4. The number of aromatic nitrogens is 2. The molecule has 1 aliphatic rings. The fourth-order valence-electron chi connectivity index (χ4n) is 3.42. The first-order chi connectivity index (χ1) is 12.0. The third-order valence-corrected chi connectivity index (χ3v) is 4.74. The number of carbonyl (C=O) groups is 1. The number of nitrogens with zero attached hydrogens (tertiary/aromatic N) is 3. The smallest absolute Gasteiger partial charge is 0.244 e. The summed E-state index contributed by atoms with van der Waals surface area (Å²) >= 11 is 0. The average Bonchev–Trinajstić information content (AvgIpc) is 3.03. The second-order valence-corrected chi connectivity index (χ2v) is 6.69. The number of nitrogens with one attached hydrogen (secondary N) is 1. The second-order valence-electron chi connectivity index (χ2n) is 6.69. The van der Waals surface area contributed by atoms with Crippen LogP contribution in [-0.4, -0.2) is 35.4 Å². The van der Waals surface area contributed by atoms with Crippen LogP contribution < -0.4 is 15.0 Å². The number of rotatable bonds is 5. The van der Waals surface area contributed by atoms with E-state index in [-0.39, 0.29) is 18.0 Å². The van der Waals surface area contributed by atoms with Crippen LogP contribution in [-0.2, 0) is 11.8 Å². The molecule has 6 nitrogen and oxygen atoms in total. The van der Waals surface area contributed by atoms with Crippen LogP contribution in [0.1, 0.15) is 36.9 Å². The Hall–Kier alpha value is -2.34. The maximum Gasteiger partial charge on any atom is 0.244 e. The van der Waals surface area contributed by atoms with Crippen LogP contribution in [0.15, 0.2) is 30.6 Å². The first-order valence-corrected chi connectivity index (χ1v) is 8.70. The van der Waals surface area contributed by atoms with E-state index in [2.05, 4.69) is 30.3 Å². The van der Waals surface area contributed by atoms with Gasteiger partial charge in [0.1, 0.15) is 5.75 Å². The second kappa shape index (κ2) is 7.27. The van der Waals surface area contributed by atoms with Gasteiger partial charge in [-0.2, -0.15) is 5.10 Å². The summed E-state index contributed by atoms with van der Waals surface area (Å²) in [5.41, 5.74) is 3.12. The van der Waals surface area contributed by atoms with Crippen LogP contribution >= 0.6 is 0 Å². The minimum Gasteiger partial charge on any atom is -0.496 e. The van der Waals surface area contributed by atoms with Gasteiger partial charge in [0.25, 0.3) is 0 Å².